The fraction of sp³-hybridized carbons (Fsp3) is 0.812. The molecule has 0 aliphatic heterocycles. The van der Waals surface area contributed by atoms with Crippen LogP contribution in [-0.4, -0.2) is 59.3 Å². The number of carbonyl (C=O) groups is 2. The number of alkyl carbamates (subject to hydrolysis) is 1. The van der Waals surface area contributed by atoms with E-state index in [1.54, 1.807) is 20.8 Å². The number of hydrogen-bond acceptors (Lipinski definition) is 4. The predicted octanol–water partition coefficient (Wildman–Crippen LogP) is 1.79. The van der Waals surface area contributed by atoms with Gasteiger partial charge in [-0.25, -0.2) is 9.59 Å². The minimum Gasteiger partial charge on any atom is -0.480 e. The van der Waals surface area contributed by atoms with E-state index in [0.717, 1.165) is 13.0 Å². The Balaban J connectivity index is 4.34. The summed E-state index contributed by atoms with van der Waals surface area (Å²) < 4.78 is 5.08. The van der Waals surface area contributed by atoms with Crippen molar-refractivity contribution < 1.29 is 19.4 Å². The highest BCUT2D eigenvalue weighted by Crippen LogP contribution is 2.09. The molecule has 1 amide bonds. The van der Waals surface area contributed by atoms with E-state index in [1.165, 1.54) is 0 Å². The summed E-state index contributed by atoms with van der Waals surface area (Å²) in [5.41, 5.74) is 5.20. The van der Waals surface area contributed by atoms with Crippen LogP contribution in [0.5, 0.6) is 0 Å². The molecular weight excluding hydrogens is 312 g/mol. The van der Waals surface area contributed by atoms with Crippen molar-refractivity contribution in [1.29, 1.82) is 0 Å². The summed E-state index contributed by atoms with van der Waals surface area (Å²) in [6, 6.07) is -0.961. The number of ether oxygens (including phenoxy) is 1. The molecule has 0 aromatic rings. The maximum Gasteiger partial charge on any atom is 0.408 e. The van der Waals surface area contributed by atoms with Crippen molar-refractivity contribution in [2.45, 2.75) is 65.5 Å². The summed E-state index contributed by atoms with van der Waals surface area (Å²) in [7, 11) is 0. The zero-order chi connectivity index (χ0) is 18.8. The highest BCUT2D eigenvalue weighted by atomic mass is 16.6. The molecule has 0 rings (SSSR count). The number of amides is 1. The quantitative estimate of drug-likeness (QED) is 0.333. The third-order valence-electron chi connectivity index (χ3n) is 3.19. The Morgan fingerprint density at radius 1 is 1.29 bits per heavy atom. The maximum atomic E-state index is 11.7. The summed E-state index contributed by atoms with van der Waals surface area (Å²) in [6.45, 7) is 11.2. The molecule has 140 valence electrons. The molecule has 0 aliphatic rings. The number of unbranched alkanes of at least 4 members (excludes halogenated alkanes) is 1. The topological polar surface area (TPSA) is 117 Å². The number of carboxylic acids is 1. The Kier molecular flexibility index (Phi) is 9.83. The molecule has 0 saturated heterocycles. The lowest BCUT2D eigenvalue weighted by molar-refractivity contribution is -0.139. The monoisotopic (exact) mass is 344 g/mol. The van der Waals surface area contributed by atoms with E-state index in [9.17, 15) is 14.7 Å². The van der Waals surface area contributed by atoms with Gasteiger partial charge in [0.1, 0.15) is 11.6 Å². The van der Waals surface area contributed by atoms with Gasteiger partial charge in [0.15, 0.2) is 5.96 Å². The molecule has 0 saturated carbocycles. The second kappa shape index (κ2) is 10.7. The van der Waals surface area contributed by atoms with Crippen LogP contribution in [-0.2, 0) is 9.53 Å². The SMILES string of the molecule is CCN=C(N)N(CC)CCCC[C@H](NC(=O)OC(C)(C)C)C(=O)O. The van der Waals surface area contributed by atoms with Gasteiger partial charge < -0.3 is 25.8 Å². The predicted molar refractivity (Wildman–Crippen MR) is 94.1 cm³/mol. The zero-order valence-corrected chi connectivity index (χ0v) is 15.5. The molecule has 0 fully saturated rings. The lowest BCUT2D eigenvalue weighted by Gasteiger charge is -2.23. The number of rotatable bonds is 9. The number of carbonyl (C=O) groups excluding carboxylic acids is 1. The minimum atomic E-state index is -1.07. The number of nitrogens with zero attached hydrogens (tertiary/aromatic N) is 2. The van der Waals surface area contributed by atoms with Crippen LogP contribution in [0.4, 0.5) is 4.79 Å². The molecule has 0 aromatic heterocycles. The van der Waals surface area contributed by atoms with Crippen LogP contribution in [0.25, 0.3) is 0 Å². The first-order valence-corrected chi connectivity index (χ1v) is 8.37. The van der Waals surface area contributed by atoms with Crippen LogP contribution in [0.3, 0.4) is 0 Å². The molecule has 0 spiro atoms. The van der Waals surface area contributed by atoms with Crippen LogP contribution in [0, 0.1) is 0 Å². The van der Waals surface area contributed by atoms with Crippen molar-refractivity contribution in [3.63, 3.8) is 0 Å². The largest absolute Gasteiger partial charge is 0.480 e. The number of aliphatic carboxylic acids is 1. The molecule has 8 heteroatoms. The number of aliphatic imine (C=N–C) groups is 1. The van der Waals surface area contributed by atoms with E-state index in [2.05, 4.69) is 10.3 Å². The lowest BCUT2D eigenvalue weighted by Crippen LogP contribution is -2.43. The number of guanidine groups is 1. The lowest BCUT2D eigenvalue weighted by atomic mass is 10.1. The van der Waals surface area contributed by atoms with Crippen molar-refractivity contribution in [1.82, 2.24) is 10.2 Å². The van der Waals surface area contributed by atoms with Gasteiger partial charge in [0.2, 0.25) is 0 Å². The molecule has 0 bridgehead atoms. The first kappa shape index (κ1) is 22.0. The Labute approximate surface area is 144 Å². The first-order valence-electron chi connectivity index (χ1n) is 8.37. The smallest absolute Gasteiger partial charge is 0.408 e. The normalized spacial score (nSPS) is 13.3. The van der Waals surface area contributed by atoms with Gasteiger partial charge in [-0.05, 0) is 53.9 Å². The number of nitrogens with two attached hydrogens (primary N) is 1. The van der Waals surface area contributed by atoms with Crippen LogP contribution in [0.1, 0.15) is 53.9 Å². The minimum absolute atomic E-state index is 0.330. The molecule has 4 N–H and O–H groups in total. The Hall–Kier alpha value is -1.99. The fourth-order valence-corrected chi connectivity index (χ4v) is 2.05. The van der Waals surface area contributed by atoms with Gasteiger partial charge in [-0.3, -0.25) is 4.99 Å². The van der Waals surface area contributed by atoms with Crippen molar-refractivity contribution in [3.8, 4) is 0 Å². The summed E-state index contributed by atoms with van der Waals surface area (Å²) >= 11 is 0. The first-order chi connectivity index (χ1) is 11.1. The molecular formula is C16H32N4O4. The Morgan fingerprint density at radius 3 is 2.38 bits per heavy atom. The van der Waals surface area contributed by atoms with Gasteiger partial charge in [-0.2, -0.15) is 0 Å². The highest BCUT2D eigenvalue weighted by molar-refractivity contribution is 5.80. The average Bonchev–Trinajstić information content (AvgIpc) is 2.44. The van der Waals surface area contributed by atoms with Crippen molar-refractivity contribution >= 4 is 18.0 Å². The number of carboxylic acid groups (broad SMARTS) is 1. The zero-order valence-electron chi connectivity index (χ0n) is 15.5. The van der Waals surface area contributed by atoms with Crippen molar-refractivity contribution in [2.75, 3.05) is 19.6 Å². The van der Waals surface area contributed by atoms with E-state index < -0.39 is 23.7 Å². The van der Waals surface area contributed by atoms with E-state index in [-0.39, 0.29) is 0 Å². The van der Waals surface area contributed by atoms with Crippen LogP contribution < -0.4 is 11.1 Å². The van der Waals surface area contributed by atoms with Gasteiger partial charge in [-0.1, -0.05) is 0 Å². The molecule has 0 aromatic carbocycles. The van der Waals surface area contributed by atoms with Crippen molar-refractivity contribution in [3.05, 3.63) is 0 Å². The number of hydrogen-bond donors (Lipinski definition) is 3. The summed E-state index contributed by atoms with van der Waals surface area (Å²) in [5.74, 6) is -0.568. The third-order valence-corrected chi connectivity index (χ3v) is 3.19. The molecule has 0 radical (unpaired) electrons. The molecule has 0 heterocycles. The summed E-state index contributed by atoms with van der Waals surface area (Å²) in [5, 5.41) is 11.6. The van der Waals surface area contributed by atoms with Gasteiger partial charge in [0, 0.05) is 19.6 Å². The van der Waals surface area contributed by atoms with Gasteiger partial charge >= 0.3 is 12.1 Å². The van der Waals surface area contributed by atoms with Gasteiger partial charge in [-0.15, -0.1) is 0 Å². The summed E-state index contributed by atoms with van der Waals surface area (Å²) in [4.78, 5) is 29.1. The Morgan fingerprint density at radius 2 is 1.92 bits per heavy atom. The molecule has 1 atom stereocenters. The average molecular weight is 344 g/mol. The molecule has 0 unspecified atom stereocenters. The maximum absolute atomic E-state index is 11.7. The Bertz CT molecular complexity index is 432. The van der Waals surface area contributed by atoms with Crippen LogP contribution in [0.15, 0.2) is 4.99 Å². The second-order valence-corrected chi connectivity index (χ2v) is 6.45. The van der Waals surface area contributed by atoms with Crippen LogP contribution in [0.2, 0.25) is 0 Å². The molecule has 24 heavy (non-hydrogen) atoms. The number of nitrogens with one attached hydrogen (secondary N) is 1. The fourth-order valence-electron chi connectivity index (χ4n) is 2.05. The van der Waals surface area contributed by atoms with E-state index in [0.29, 0.717) is 31.9 Å². The molecule has 8 nitrogen and oxygen atoms in total. The van der Waals surface area contributed by atoms with Crippen LogP contribution >= 0.6 is 0 Å². The highest BCUT2D eigenvalue weighted by Gasteiger charge is 2.23. The van der Waals surface area contributed by atoms with E-state index in [4.69, 9.17) is 10.5 Å². The van der Waals surface area contributed by atoms with E-state index >= 15 is 0 Å². The summed E-state index contributed by atoms with van der Waals surface area (Å²) in [6.07, 6.45) is 1.01. The van der Waals surface area contributed by atoms with Crippen molar-refractivity contribution in [2.24, 2.45) is 10.7 Å². The standard InChI is InChI=1S/C16H32N4O4/c1-6-18-14(17)20(7-2)11-9-8-10-12(13(21)22)19-15(23)24-16(3,4)5/h12H,6-11H2,1-5H3,(H2,17,18)(H,19,23)(H,21,22)/t12-/m0/s1. The van der Waals surface area contributed by atoms with Gasteiger partial charge in [0.25, 0.3) is 0 Å². The van der Waals surface area contributed by atoms with Gasteiger partial charge in [0.05, 0.1) is 0 Å². The third kappa shape index (κ3) is 9.91. The van der Waals surface area contributed by atoms with E-state index in [1.807, 2.05) is 18.7 Å². The molecule has 0 aliphatic carbocycles. The second-order valence-electron chi connectivity index (χ2n) is 6.45.